The van der Waals surface area contributed by atoms with E-state index in [1.165, 1.54) is 4.68 Å². The van der Waals surface area contributed by atoms with Gasteiger partial charge in [0.15, 0.2) is 0 Å². The van der Waals surface area contributed by atoms with Crippen LogP contribution >= 0.6 is 0 Å². The molecule has 0 aliphatic heterocycles. The smallest absolute Gasteiger partial charge is 0.242 e. The van der Waals surface area contributed by atoms with Crippen LogP contribution in [0.15, 0.2) is 6.20 Å². The highest BCUT2D eigenvalue weighted by molar-refractivity contribution is 5.75. The third-order valence-electron chi connectivity index (χ3n) is 3.07. The first-order valence-corrected chi connectivity index (χ1v) is 6.39. The minimum atomic E-state index is -0.114. The fourth-order valence-electron chi connectivity index (χ4n) is 1.38. The largest absolute Gasteiger partial charge is 0.352 e. The zero-order chi connectivity index (χ0) is 13.7. The van der Waals surface area contributed by atoms with Crippen LogP contribution in [0, 0.1) is 5.92 Å². The Hall–Kier alpha value is -1.43. The Morgan fingerprint density at radius 3 is 2.72 bits per heavy atom. The van der Waals surface area contributed by atoms with E-state index in [-0.39, 0.29) is 24.5 Å². The lowest BCUT2D eigenvalue weighted by Gasteiger charge is -2.17. The molecule has 2 unspecified atom stereocenters. The molecule has 0 saturated heterocycles. The first-order valence-electron chi connectivity index (χ1n) is 6.39. The average molecular weight is 253 g/mol. The van der Waals surface area contributed by atoms with Crippen LogP contribution in [-0.4, -0.2) is 26.9 Å². The lowest BCUT2D eigenvalue weighted by atomic mass is 10.1. The van der Waals surface area contributed by atoms with Crippen molar-refractivity contribution in [2.45, 2.75) is 52.7 Å². The van der Waals surface area contributed by atoms with Crippen LogP contribution < -0.4 is 11.1 Å². The molecule has 6 heteroatoms. The third-order valence-corrected chi connectivity index (χ3v) is 3.07. The molecule has 6 nitrogen and oxygen atoms in total. The summed E-state index contributed by atoms with van der Waals surface area (Å²) in [6, 6.07) is 0.0368. The summed E-state index contributed by atoms with van der Waals surface area (Å²) in [4.78, 5) is 11.7. The Morgan fingerprint density at radius 1 is 1.50 bits per heavy atom. The van der Waals surface area contributed by atoms with Gasteiger partial charge in [-0.3, -0.25) is 4.79 Å². The van der Waals surface area contributed by atoms with Crippen LogP contribution in [0.4, 0.5) is 0 Å². The minimum Gasteiger partial charge on any atom is -0.352 e. The summed E-state index contributed by atoms with van der Waals surface area (Å²) < 4.78 is 1.52. The van der Waals surface area contributed by atoms with Gasteiger partial charge in [-0.05, 0) is 19.3 Å². The van der Waals surface area contributed by atoms with Crippen molar-refractivity contribution >= 4 is 5.91 Å². The van der Waals surface area contributed by atoms with Gasteiger partial charge in [0.05, 0.1) is 17.9 Å². The van der Waals surface area contributed by atoms with E-state index >= 15 is 0 Å². The molecule has 1 aromatic heterocycles. The standard InChI is InChI=1S/C12H23N5O/c1-5-10(13)11-6-17(16-15-11)7-12(18)14-9(4)8(2)3/h6,8-10H,5,7,13H2,1-4H3,(H,14,18). The lowest BCUT2D eigenvalue weighted by molar-refractivity contribution is -0.122. The van der Waals surface area contributed by atoms with Crippen molar-refractivity contribution < 1.29 is 4.79 Å². The Labute approximate surface area is 108 Å². The molecule has 0 fully saturated rings. The normalized spacial score (nSPS) is 14.6. The molecule has 0 aliphatic carbocycles. The number of carbonyl (C=O) groups excluding carboxylic acids is 1. The molecule has 102 valence electrons. The van der Waals surface area contributed by atoms with Crippen molar-refractivity contribution in [3.05, 3.63) is 11.9 Å². The number of rotatable bonds is 6. The van der Waals surface area contributed by atoms with E-state index in [9.17, 15) is 4.79 Å². The first kappa shape index (κ1) is 14.6. The maximum atomic E-state index is 11.7. The zero-order valence-corrected chi connectivity index (χ0v) is 11.6. The van der Waals surface area contributed by atoms with Gasteiger partial charge >= 0.3 is 0 Å². The number of nitrogens with two attached hydrogens (primary N) is 1. The Bertz CT molecular complexity index is 388. The van der Waals surface area contributed by atoms with Gasteiger partial charge in [0, 0.05) is 6.04 Å². The van der Waals surface area contributed by atoms with Crippen molar-refractivity contribution in [2.24, 2.45) is 11.7 Å². The van der Waals surface area contributed by atoms with Crippen LogP contribution in [0.25, 0.3) is 0 Å². The number of hydrogen-bond acceptors (Lipinski definition) is 4. The van der Waals surface area contributed by atoms with Crippen LogP contribution in [0.5, 0.6) is 0 Å². The third kappa shape index (κ3) is 4.10. The van der Waals surface area contributed by atoms with E-state index in [4.69, 9.17) is 5.73 Å². The fraction of sp³-hybridized carbons (Fsp3) is 0.750. The van der Waals surface area contributed by atoms with E-state index in [2.05, 4.69) is 29.5 Å². The monoisotopic (exact) mass is 253 g/mol. The summed E-state index contributed by atoms with van der Waals surface area (Å²) in [7, 11) is 0. The van der Waals surface area contributed by atoms with Crippen LogP contribution in [0.3, 0.4) is 0 Å². The second-order valence-electron chi connectivity index (χ2n) is 4.96. The molecule has 0 bridgehead atoms. The molecule has 3 N–H and O–H groups in total. The molecular formula is C12H23N5O. The van der Waals surface area contributed by atoms with Gasteiger partial charge in [0.1, 0.15) is 6.54 Å². The molecule has 18 heavy (non-hydrogen) atoms. The summed E-state index contributed by atoms with van der Waals surface area (Å²) in [5, 5.41) is 10.8. The number of carbonyl (C=O) groups is 1. The molecule has 1 rings (SSSR count). The molecule has 0 spiro atoms. The van der Waals surface area contributed by atoms with Gasteiger partial charge in [0.2, 0.25) is 5.91 Å². The highest BCUT2D eigenvalue weighted by Crippen LogP contribution is 2.08. The molecule has 0 aromatic carbocycles. The van der Waals surface area contributed by atoms with Gasteiger partial charge in [-0.1, -0.05) is 26.0 Å². The van der Waals surface area contributed by atoms with Crippen molar-refractivity contribution in [3.63, 3.8) is 0 Å². The number of nitrogens with one attached hydrogen (secondary N) is 1. The molecule has 1 aromatic rings. The second kappa shape index (κ2) is 6.49. The van der Waals surface area contributed by atoms with Crippen molar-refractivity contribution in [1.29, 1.82) is 0 Å². The zero-order valence-electron chi connectivity index (χ0n) is 11.6. The van der Waals surface area contributed by atoms with Crippen molar-refractivity contribution in [3.8, 4) is 0 Å². The molecule has 0 aliphatic rings. The van der Waals surface area contributed by atoms with E-state index in [0.29, 0.717) is 5.92 Å². The van der Waals surface area contributed by atoms with Gasteiger partial charge in [-0.2, -0.15) is 0 Å². The Balaban J connectivity index is 2.52. The predicted molar refractivity (Wildman–Crippen MR) is 69.7 cm³/mol. The Morgan fingerprint density at radius 2 is 2.17 bits per heavy atom. The summed E-state index contributed by atoms with van der Waals surface area (Å²) in [6.45, 7) is 8.29. The first-order chi connectivity index (χ1) is 8.43. The summed E-state index contributed by atoms with van der Waals surface area (Å²) >= 11 is 0. The summed E-state index contributed by atoms with van der Waals surface area (Å²) in [6.07, 6.45) is 2.53. The average Bonchev–Trinajstić information content (AvgIpc) is 2.76. The van der Waals surface area contributed by atoms with E-state index < -0.39 is 0 Å². The van der Waals surface area contributed by atoms with Crippen molar-refractivity contribution in [2.75, 3.05) is 0 Å². The number of hydrogen-bond donors (Lipinski definition) is 2. The predicted octanol–water partition coefficient (Wildman–Crippen LogP) is 0.849. The SMILES string of the molecule is CCC(N)c1cn(CC(=O)NC(C)C(C)C)nn1. The van der Waals surface area contributed by atoms with Crippen LogP contribution in [0.2, 0.25) is 0 Å². The topological polar surface area (TPSA) is 85.8 Å². The van der Waals surface area contributed by atoms with Crippen LogP contribution in [0.1, 0.15) is 45.9 Å². The maximum absolute atomic E-state index is 11.7. The quantitative estimate of drug-likeness (QED) is 0.787. The molecule has 0 radical (unpaired) electrons. The van der Waals surface area contributed by atoms with E-state index in [1.54, 1.807) is 6.20 Å². The van der Waals surface area contributed by atoms with Crippen LogP contribution in [-0.2, 0) is 11.3 Å². The minimum absolute atomic E-state index is 0.0577. The van der Waals surface area contributed by atoms with Gasteiger partial charge in [0.25, 0.3) is 0 Å². The number of nitrogens with zero attached hydrogens (tertiary/aromatic N) is 3. The molecule has 2 atom stereocenters. The number of amides is 1. The maximum Gasteiger partial charge on any atom is 0.242 e. The molecular weight excluding hydrogens is 230 g/mol. The summed E-state index contributed by atoms with van der Waals surface area (Å²) in [5.74, 6) is 0.353. The van der Waals surface area contributed by atoms with Gasteiger partial charge < -0.3 is 11.1 Å². The summed E-state index contributed by atoms with van der Waals surface area (Å²) in [5.41, 5.74) is 6.57. The molecule has 1 amide bonds. The lowest BCUT2D eigenvalue weighted by Crippen LogP contribution is -2.38. The number of aromatic nitrogens is 3. The molecule has 0 saturated carbocycles. The Kier molecular flexibility index (Phi) is 5.27. The van der Waals surface area contributed by atoms with E-state index in [1.807, 2.05) is 13.8 Å². The second-order valence-corrected chi connectivity index (χ2v) is 4.96. The van der Waals surface area contributed by atoms with E-state index in [0.717, 1.165) is 12.1 Å². The van der Waals surface area contributed by atoms with Crippen molar-refractivity contribution in [1.82, 2.24) is 20.3 Å². The van der Waals surface area contributed by atoms with Gasteiger partial charge in [-0.25, -0.2) is 4.68 Å². The molecule has 1 heterocycles. The highest BCUT2D eigenvalue weighted by Gasteiger charge is 2.13. The van der Waals surface area contributed by atoms with Gasteiger partial charge in [-0.15, -0.1) is 5.10 Å². The fourth-order valence-corrected chi connectivity index (χ4v) is 1.38. The highest BCUT2D eigenvalue weighted by atomic mass is 16.2.